The number of carbonyl (C=O) groups is 1. The van der Waals surface area contributed by atoms with Crippen molar-refractivity contribution in [3.8, 4) is 5.75 Å². The lowest BCUT2D eigenvalue weighted by atomic mass is 10.0. The lowest BCUT2D eigenvalue weighted by molar-refractivity contribution is -0.137. The van der Waals surface area contributed by atoms with Crippen LogP contribution in [0, 0.1) is 6.92 Å². The number of amides is 1. The zero-order valence-corrected chi connectivity index (χ0v) is 20.4. The first-order chi connectivity index (χ1) is 16.1. The summed E-state index contributed by atoms with van der Waals surface area (Å²) in [7, 11) is 3.46. The predicted octanol–water partition coefficient (Wildman–Crippen LogP) is 5.71. The molecule has 0 saturated carbocycles. The number of carbonyl (C=O) groups excluding carboxylic acids is 1. The summed E-state index contributed by atoms with van der Waals surface area (Å²) in [4.78, 5) is 12.3. The van der Waals surface area contributed by atoms with Crippen LogP contribution in [0.1, 0.15) is 28.9 Å². The number of ether oxygens (including phenoxy) is 1. The summed E-state index contributed by atoms with van der Waals surface area (Å²) < 4.78 is 45.8. The van der Waals surface area contributed by atoms with Crippen LogP contribution >= 0.6 is 23.4 Å². The van der Waals surface area contributed by atoms with Gasteiger partial charge in [0.2, 0.25) is 5.91 Å². The Kier molecular flexibility index (Phi) is 8.48. The zero-order chi connectivity index (χ0) is 24.9. The maximum absolute atomic E-state index is 12.9. The van der Waals surface area contributed by atoms with Crippen LogP contribution in [0.15, 0.2) is 41.6 Å². The molecule has 1 N–H and O–H groups in total. The van der Waals surface area contributed by atoms with E-state index in [4.69, 9.17) is 16.3 Å². The summed E-state index contributed by atoms with van der Waals surface area (Å²) in [5.74, 6) is 1.10. The maximum Gasteiger partial charge on any atom is 0.416 e. The minimum Gasteiger partial charge on any atom is -0.496 e. The van der Waals surface area contributed by atoms with Crippen LogP contribution in [0.3, 0.4) is 0 Å². The Bertz CT molecular complexity index is 1170. The van der Waals surface area contributed by atoms with Crippen molar-refractivity contribution in [2.24, 2.45) is 7.05 Å². The maximum atomic E-state index is 12.9. The smallest absolute Gasteiger partial charge is 0.416 e. The first-order valence-electron chi connectivity index (χ1n) is 10.4. The molecular formula is C23H24ClF3N4O2S. The van der Waals surface area contributed by atoms with Gasteiger partial charge in [-0.2, -0.15) is 13.2 Å². The largest absolute Gasteiger partial charge is 0.496 e. The number of halogens is 4. The van der Waals surface area contributed by atoms with Crippen molar-refractivity contribution in [3.05, 3.63) is 63.9 Å². The van der Waals surface area contributed by atoms with Crippen LogP contribution < -0.4 is 10.1 Å². The van der Waals surface area contributed by atoms with Gasteiger partial charge in [0.1, 0.15) is 11.6 Å². The van der Waals surface area contributed by atoms with Crippen LogP contribution in [-0.4, -0.2) is 33.5 Å². The summed E-state index contributed by atoms with van der Waals surface area (Å²) in [5.41, 5.74) is 1.32. The highest BCUT2D eigenvalue weighted by molar-refractivity contribution is 7.99. The second kappa shape index (κ2) is 11.1. The van der Waals surface area contributed by atoms with Gasteiger partial charge in [-0.05, 0) is 55.2 Å². The van der Waals surface area contributed by atoms with Crippen molar-refractivity contribution >= 4 is 35.0 Å². The van der Waals surface area contributed by atoms with Crippen LogP contribution in [-0.2, 0) is 30.9 Å². The molecule has 0 aliphatic heterocycles. The Morgan fingerprint density at radius 1 is 1.18 bits per heavy atom. The standard InChI is InChI=1S/C23H24ClF3N4O2S/c1-14-11-15(7-10-19(14)33-3)5-4-6-20-29-30-22(31(20)2)34-13-21(32)28-18-12-16(23(25,26)27)8-9-17(18)24/h7-12H,4-6,13H2,1-3H3,(H,28,32). The number of nitrogens with one attached hydrogen (secondary N) is 1. The summed E-state index contributed by atoms with van der Waals surface area (Å²) >= 11 is 7.08. The van der Waals surface area contributed by atoms with E-state index in [9.17, 15) is 18.0 Å². The van der Waals surface area contributed by atoms with E-state index in [1.54, 1.807) is 7.11 Å². The fourth-order valence-corrected chi connectivity index (χ4v) is 4.24. The van der Waals surface area contributed by atoms with Gasteiger partial charge < -0.3 is 14.6 Å². The lowest BCUT2D eigenvalue weighted by Gasteiger charge is -2.11. The SMILES string of the molecule is COc1ccc(CCCc2nnc(SCC(=O)Nc3cc(C(F)(F)F)ccc3Cl)n2C)cc1C. The number of benzene rings is 2. The molecule has 2 aromatic carbocycles. The molecule has 0 aliphatic rings. The highest BCUT2D eigenvalue weighted by atomic mass is 35.5. The third kappa shape index (κ3) is 6.66. The molecule has 11 heteroatoms. The Morgan fingerprint density at radius 2 is 1.94 bits per heavy atom. The molecule has 182 valence electrons. The molecule has 0 fully saturated rings. The molecule has 0 saturated heterocycles. The molecule has 0 bridgehead atoms. The van der Waals surface area contributed by atoms with Crippen LogP contribution in [0.2, 0.25) is 5.02 Å². The van der Waals surface area contributed by atoms with E-state index in [1.165, 1.54) is 5.56 Å². The van der Waals surface area contributed by atoms with Crippen LogP contribution in [0.25, 0.3) is 0 Å². The molecule has 1 aromatic heterocycles. The van der Waals surface area contributed by atoms with Gasteiger partial charge in [-0.15, -0.1) is 10.2 Å². The van der Waals surface area contributed by atoms with Crippen molar-refractivity contribution < 1.29 is 22.7 Å². The number of hydrogen-bond donors (Lipinski definition) is 1. The number of aromatic nitrogens is 3. The number of methoxy groups -OCH3 is 1. The topological polar surface area (TPSA) is 69.0 Å². The number of alkyl halides is 3. The van der Waals surface area contributed by atoms with Crippen LogP contribution in [0.5, 0.6) is 5.75 Å². The Balaban J connectivity index is 1.52. The first-order valence-corrected chi connectivity index (χ1v) is 11.8. The van der Waals surface area contributed by atoms with E-state index in [2.05, 4.69) is 21.6 Å². The number of hydrogen-bond acceptors (Lipinski definition) is 5. The normalized spacial score (nSPS) is 11.5. The fraction of sp³-hybridized carbons (Fsp3) is 0.348. The molecule has 1 heterocycles. The Morgan fingerprint density at radius 3 is 2.62 bits per heavy atom. The third-order valence-corrected chi connectivity index (χ3v) is 6.50. The molecular weight excluding hydrogens is 489 g/mol. The minimum absolute atomic E-state index is 0.0272. The fourth-order valence-electron chi connectivity index (χ4n) is 3.35. The highest BCUT2D eigenvalue weighted by Gasteiger charge is 2.31. The average molecular weight is 513 g/mol. The highest BCUT2D eigenvalue weighted by Crippen LogP contribution is 2.34. The summed E-state index contributed by atoms with van der Waals surface area (Å²) in [5, 5.41) is 11.3. The Labute approximate surface area is 204 Å². The van der Waals surface area contributed by atoms with Crippen molar-refractivity contribution in [1.29, 1.82) is 0 Å². The zero-order valence-electron chi connectivity index (χ0n) is 18.9. The van der Waals surface area contributed by atoms with Gasteiger partial charge in [-0.3, -0.25) is 4.79 Å². The van der Waals surface area contributed by atoms with Gasteiger partial charge in [0, 0.05) is 13.5 Å². The third-order valence-electron chi connectivity index (χ3n) is 5.15. The van der Waals surface area contributed by atoms with Crippen molar-refractivity contribution in [1.82, 2.24) is 14.8 Å². The molecule has 34 heavy (non-hydrogen) atoms. The number of anilines is 1. The Hall–Kier alpha value is -2.72. The van der Waals surface area contributed by atoms with E-state index in [-0.39, 0.29) is 16.5 Å². The molecule has 0 radical (unpaired) electrons. The molecule has 0 spiro atoms. The van der Waals surface area contributed by atoms with Gasteiger partial charge >= 0.3 is 6.18 Å². The van der Waals surface area contributed by atoms with Crippen molar-refractivity contribution in [2.75, 3.05) is 18.2 Å². The lowest BCUT2D eigenvalue weighted by Crippen LogP contribution is -2.16. The molecule has 0 atom stereocenters. The average Bonchev–Trinajstić information content (AvgIpc) is 3.12. The van der Waals surface area contributed by atoms with E-state index in [1.807, 2.05) is 30.7 Å². The van der Waals surface area contributed by atoms with Gasteiger partial charge in [-0.25, -0.2) is 0 Å². The first kappa shape index (κ1) is 25.9. The van der Waals surface area contributed by atoms with Crippen molar-refractivity contribution in [2.45, 2.75) is 37.5 Å². The molecule has 3 aromatic rings. The number of rotatable bonds is 9. The molecule has 1 amide bonds. The van der Waals surface area contributed by atoms with Crippen LogP contribution in [0.4, 0.5) is 18.9 Å². The summed E-state index contributed by atoms with van der Waals surface area (Å²) in [6, 6.07) is 8.89. The second-order valence-electron chi connectivity index (χ2n) is 7.64. The van der Waals surface area contributed by atoms with E-state index < -0.39 is 17.6 Å². The van der Waals surface area contributed by atoms with E-state index in [0.717, 1.165) is 59.9 Å². The summed E-state index contributed by atoms with van der Waals surface area (Å²) in [6.07, 6.45) is -2.07. The number of nitrogens with zero attached hydrogens (tertiary/aromatic N) is 3. The number of thioether (sulfide) groups is 1. The van der Waals surface area contributed by atoms with Gasteiger partial charge in [0.05, 0.1) is 29.1 Å². The van der Waals surface area contributed by atoms with Gasteiger partial charge in [-0.1, -0.05) is 35.5 Å². The molecule has 0 aliphatic carbocycles. The van der Waals surface area contributed by atoms with Gasteiger partial charge in [0.15, 0.2) is 5.16 Å². The monoisotopic (exact) mass is 512 g/mol. The van der Waals surface area contributed by atoms with Gasteiger partial charge in [0.25, 0.3) is 0 Å². The number of aryl methyl sites for hydroxylation is 3. The molecule has 3 rings (SSSR count). The van der Waals surface area contributed by atoms with E-state index in [0.29, 0.717) is 11.6 Å². The summed E-state index contributed by atoms with van der Waals surface area (Å²) in [6.45, 7) is 2.01. The second-order valence-corrected chi connectivity index (χ2v) is 8.99. The molecule has 6 nitrogen and oxygen atoms in total. The minimum atomic E-state index is -4.53. The van der Waals surface area contributed by atoms with Crippen molar-refractivity contribution in [3.63, 3.8) is 0 Å². The van der Waals surface area contributed by atoms with E-state index >= 15 is 0 Å². The quantitative estimate of drug-likeness (QED) is 0.372. The predicted molar refractivity (Wildman–Crippen MR) is 127 cm³/mol. The molecule has 0 unspecified atom stereocenters.